The van der Waals surface area contributed by atoms with Crippen LogP contribution in [-0.4, -0.2) is 25.0 Å². The van der Waals surface area contributed by atoms with Crippen LogP contribution in [0.25, 0.3) is 0 Å². The zero-order valence-electron chi connectivity index (χ0n) is 11.2. The summed E-state index contributed by atoms with van der Waals surface area (Å²) in [4.78, 5) is 18.1. The zero-order valence-corrected chi connectivity index (χ0v) is 12.8. The molecule has 1 aromatic heterocycles. The van der Waals surface area contributed by atoms with Crippen LogP contribution in [0.3, 0.4) is 0 Å². The first-order valence-electron chi connectivity index (χ1n) is 5.97. The third kappa shape index (κ3) is 3.27. The number of rotatable bonds is 3. The molecule has 0 saturated heterocycles. The van der Waals surface area contributed by atoms with Crippen LogP contribution < -0.4 is 16.0 Å². The maximum absolute atomic E-state index is 12.1. The highest BCUT2D eigenvalue weighted by molar-refractivity contribution is 9.10. The summed E-state index contributed by atoms with van der Waals surface area (Å²) in [5.74, 6) is 0.255. The Kier molecular flexibility index (Phi) is 4.24. The smallest absolute Gasteiger partial charge is 0.256 e. The summed E-state index contributed by atoms with van der Waals surface area (Å²) in [5.41, 5.74) is 7.87. The Labute approximate surface area is 125 Å². The van der Waals surface area contributed by atoms with Crippen LogP contribution >= 0.6 is 15.9 Å². The van der Waals surface area contributed by atoms with E-state index in [4.69, 9.17) is 5.73 Å². The lowest BCUT2D eigenvalue weighted by Gasteiger charge is -2.15. The van der Waals surface area contributed by atoms with Crippen LogP contribution in [-0.2, 0) is 0 Å². The van der Waals surface area contributed by atoms with E-state index in [2.05, 4.69) is 26.2 Å². The Hall–Kier alpha value is -2.08. The number of carbonyl (C=O) groups excluding carboxylic acids is 1. The molecule has 1 amide bonds. The summed E-state index contributed by atoms with van der Waals surface area (Å²) in [6.07, 6.45) is 1.62. The quantitative estimate of drug-likeness (QED) is 0.846. The van der Waals surface area contributed by atoms with Gasteiger partial charge in [0.15, 0.2) is 0 Å². The minimum atomic E-state index is -0.239. The molecule has 0 aliphatic carbocycles. The standard InChI is InChI=1S/C14H15BrN4O/c1-19(2)12-5-3-9(7-11(12)16)14(20)18-13-6-4-10(15)8-17-13/h3-8H,16H2,1-2H3,(H,17,18,20). The van der Waals surface area contributed by atoms with E-state index in [1.165, 1.54) is 0 Å². The topological polar surface area (TPSA) is 71.2 Å². The van der Waals surface area contributed by atoms with Crippen LogP contribution in [0.15, 0.2) is 41.0 Å². The number of benzene rings is 1. The van der Waals surface area contributed by atoms with Crippen molar-refractivity contribution < 1.29 is 4.79 Å². The van der Waals surface area contributed by atoms with Crippen molar-refractivity contribution in [1.29, 1.82) is 0 Å². The summed E-state index contributed by atoms with van der Waals surface area (Å²) >= 11 is 3.29. The summed E-state index contributed by atoms with van der Waals surface area (Å²) < 4.78 is 0.857. The fraction of sp³-hybridized carbons (Fsp3) is 0.143. The van der Waals surface area contributed by atoms with E-state index < -0.39 is 0 Å². The average molecular weight is 335 g/mol. The first-order valence-corrected chi connectivity index (χ1v) is 6.76. The van der Waals surface area contributed by atoms with Gasteiger partial charge in [-0.1, -0.05) is 0 Å². The molecule has 0 aliphatic heterocycles. The van der Waals surface area contributed by atoms with Gasteiger partial charge < -0.3 is 16.0 Å². The lowest BCUT2D eigenvalue weighted by Crippen LogP contribution is -2.15. The monoisotopic (exact) mass is 334 g/mol. The van der Waals surface area contributed by atoms with E-state index in [0.29, 0.717) is 17.1 Å². The highest BCUT2D eigenvalue weighted by Gasteiger charge is 2.10. The maximum Gasteiger partial charge on any atom is 0.256 e. The van der Waals surface area contributed by atoms with Gasteiger partial charge in [-0.3, -0.25) is 4.79 Å². The number of pyridine rings is 1. The van der Waals surface area contributed by atoms with Gasteiger partial charge in [-0.2, -0.15) is 0 Å². The number of carbonyl (C=O) groups is 1. The molecular weight excluding hydrogens is 320 g/mol. The predicted octanol–water partition coefficient (Wildman–Crippen LogP) is 2.74. The van der Waals surface area contributed by atoms with Crippen LogP contribution in [0.4, 0.5) is 17.2 Å². The molecule has 104 valence electrons. The number of nitrogens with two attached hydrogens (primary N) is 1. The van der Waals surface area contributed by atoms with E-state index in [9.17, 15) is 4.79 Å². The molecule has 5 nitrogen and oxygen atoms in total. The lowest BCUT2D eigenvalue weighted by atomic mass is 10.1. The van der Waals surface area contributed by atoms with Crippen molar-refractivity contribution >= 4 is 39.0 Å². The van der Waals surface area contributed by atoms with Crippen LogP contribution in [0.2, 0.25) is 0 Å². The Morgan fingerprint density at radius 3 is 2.60 bits per heavy atom. The average Bonchev–Trinajstić information content (AvgIpc) is 2.40. The molecule has 0 atom stereocenters. The number of nitrogen functional groups attached to an aromatic ring is 1. The molecule has 2 rings (SSSR count). The molecule has 6 heteroatoms. The summed E-state index contributed by atoms with van der Waals surface area (Å²) in [6, 6.07) is 8.74. The van der Waals surface area contributed by atoms with Gasteiger partial charge in [-0.25, -0.2) is 4.98 Å². The molecule has 0 bridgehead atoms. The van der Waals surface area contributed by atoms with Gasteiger partial charge in [0.05, 0.1) is 11.4 Å². The minimum absolute atomic E-state index is 0.239. The van der Waals surface area contributed by atoms with Gasteiger partial charge in [0.25, 0.3) is 5.91 Å². The second-order valence-corrected chi connectivity index (χ2v) is 5.40. The first-order chi connectivity index (χ1) is 9.47. The van der Waals surface area contributed by atoms with Gasteiger partial charge in [0, 0.05) is 30.3 Å². The fourth-order valence-electron chi connectivity index (χ4n) is 1.74. The normalized spacial score (nSPS) is 10.2. The number of halogens is 1. The van der Waals surface area contributed by atoms with E-state index in [0.717, 1.165) is 10.2 Å². The molecule has 20 heavy (non-hydrogen) atoms. The molecule has 0 unspecified atom stereocenters. The van der Waals surface area contributed by atoms with Crippen molar-refractivity contribution in [3.8, 4) is 0 Å². The molecule has 0 fully saturated rings. The van der Waals surface area contributed by atoms with Crippen LogP contribution in [0.1, 0.15) is 10.4 Å². The summed E-state index contributed by atoms with van der Waals surface area (Å²) in [7, 11) is 3.80. The number of aromatic nitrogens is 1. The number of amides is 1. The van der Waals surface area contributed by atoms with Crippen molar-refractivity contribution in [2.75, 3.05) is 30.0 Å². The van der Waals surface area contributed by atoms with E-state index in [-0.39, 0.29) is 5.91 Å². The second kappa shape index (κ2) is 5.92. The molecule has 2 aromatic rings. The molecular formula is C14H15BrN4O. The Balaban J connectivity index is 2.17. The summed E-state index contributed by atoms with van der Waals surface area (Å²) in [6.45, 7) is 0. The lowest BCUT2D eigenvalue weighted by molar-refractivity contribution is 0.102. The van der Waals surface area contributed by atoms with Crippen molar-refractivity contribution in [2.45, 2.75) is 0 Å². The minimum Gasteiger partial charge on any atom is -0.397 e. The Morgan fingerprint density at radius 2 is 2.05 bits per heavy atom. The molecule has 3 N–H and O–H groups in total. The van der Waals surface area contributed by atoms with Crippen molar-refractivity contribution in [3.05, 3.63) is 46.6 Å². The molecule has 0 radical (unpaired) electrons. The SMILES string of the molecule is CN(C)c1ccc(C(=O)Nc2ccc(Br)cn2)cc1N. The van der Waals surface area contributed by atoms with Crippen molar-refractivity contribution in [1.82, 2.24) is 4.98 Å². The highest BCUT2D eigenvalue weighted by atomic mass is 79.9. The molecule has 0 aliphatic rings. The van der Waals surface area contributed by atoms with Gasteiger partial charge in [-0.05, 0) is 46.3 Å². The summed E-state index contributed by atoms with van der Waals surface area (Å²) in [5, 5.41) is 2.72. The zero-order chi connectivity index (χ0) is 14.7. The van der Waals surface area contributed by atoms with E-state index >= 15 is 0 Å². The Morgan fingerprint density at radius 1 is 1.30 bits per heavy atom. The van der Waals surface area contributed by atoms with Gasteiger partial charge in [0.2, 0.25) is 0 Å². The van der Waals surface area contributed by atoms with Crippen molar-refractivity contribution in [3.63, 3.8) is 0 Å². The maximum atomic E-state index is 12.1. The van der Waals surface area contributed by atoms with E-state index in [1.54, 1.807) is 24.4 Å². The number of anilines is 3. The highest BCUT2D eigenvalue weighted by Crippen LogP contribution is 2.22. The largest absolute Gasteiger partial charge is 0.397 e. The van der Waals surface area contributed by atoms with Gasteiger partial charge >= 0.3 is 0 Å². The Bertz CT molecular complexity index is 626. The molecule has 0 saturated carbocycles. The van der Waals surface area contributed by atoms with E-state index in [1.807, 2.05) is 31.1 Å². The number of hydrogen-bond acceptors (Lipinski definition) is 4. The van der Waals surface area contributed by atoms with Crippen LogP contribution in [0.5, 0.6) is 0 Å². The number of nitrogens with one attached hydrogen (secondary N) is 1. The second-order valence-electron chi connectivity index (χ2n) is 4.48. The fourth-order valence-corrected chi connectivity index (χ4v) is 1.98. The number of nitrogens with zero attached hydrogens (tertiary/aromatic N) is 2. The van der Waals surface area contributed by atoms with Gasteiger partial charge in [0.1, 0.15) is 5.82 Å². The third-order valence-corrected chi connectivity index (χ3v) is 3.21. The first kappa shape index (κ1) is 14.3. The van der Waals surface area contributed by atoms with Gasteiger partial charge in [-0.15, -0.1) is 0 Å². The molecule has 1 aromatic carbocycles. The third-order valence-electron chi connectivity index (χ3n) is 2.74. The number of hydrogen-bond donors (Lipinski definition) is 2. The molecule has 1 heterocycles. The predicted molar refractivity (Wildman–Crippen MR) is 85.1 cm³/mol. The van der Waals surface area contributed by atoms with Crippen LogP contribution in [0, 0.1) is 0 Å². The van der Waals surface area contributed by atoms with Crippen molar-refractivity contribution in [2.24, 2.45) is 0 Å². The molecule has 0 spiro atoms.